The van der Waals surface area contributed by atoms with Crippen LogP contribution in [0.15, 0.2) is 23.1 Å². The highest BCUT2D eigenvalue weighted by atomic mass is 32.2. The Morgan fingerprint density at radius 2 is 2.19 bits per heavy atom. The molecule has 1 aliphatic heterocycles. The maximum absolute atomic E-state index is 13.6. The minimum absolute atomic E-state index is 0.170. The Labute approximate surface area is 122 Å². The fourth-order valence-corrected chi connectivity index (χ4v) is 3.77. The van der Waals surface area contributed by atoms with E-state index in [4.69, 9.17) is 5.26 Å². The van der Waals surface area contributed by atoms with Crippen molar-refractivity contribution in [2.24, 2.45) is 0 Å². The van der Waals surface area contributed by atoms with Crippen molar-refractivity contribution in [3.05, 3.63) is 29.6 Å². The molecule has 1 aliphatic rings. The Morgan fingerprint density at radius 1 is 1.48 bits per heavy atom. The molecule has 0 radical (unpaired) electrons. The normalized spacial score (nSPS) is 20.4. The van der Waals surface area contributed by atoms with E-state index < -0.39 is 21.9 Å². The Bertz CT molecular complexity index is 712. The van der Waals surface area contributed by atoms with E-state index in [0.29, 0.717) is 13.0 Å². The van der Waals surface area contributed by atoms with Crippen LogP contribution in [-0.2, 0) is 14.8 Å². The average Bonchev–Trinajstić information content (AvgIpc) is 2.61. The van der Waals surface area contributed by atoms with Crippen molar-refractivity contribution >= 4 is 15.9 Å². The molecule has 0 aliphatic carbocycles. The summed E-state index contributed by atoms with van der Waals surface area (Å²) in [4.78, 5) is 11.5. The van der Waals surface area contributed by atoms with Crippen molar-refractivity contribution in [1.29, 1.82) is 5.26 Å². The average molecular weight is 311 g/mol. The van der Waals surface area contributed by atoms with Crippen LogP contribution in [0.5, 0.6) is 0 Å². The first kappa shape index (κ1) is 15.4. The molecule has 0 saturated carbocycles. The Morgan fingerprint density at radius 3 is 2.81 bits per heavy atom. The second-order valence-electron chi connectivity index (χ2n) is 4.69. The Balaban J connectivity index is 2.43. The number of nitriles is 1. The van der Waals surface area contributed by atoms with Gasteiger partial charge in [-0.3, -0.25) is 4.79 Å². The van der Waals surface area contributed by atoms with Crippen LogP contribution in [0.2, 0.25) is 0 Å². The molecule has 1 amide bonds. The lowest BCUT2D eigenvalue weighted by molar-refractivity contribution is -0.123. The zero-order chi connectivity index (χ0) is 15.6. The lowest BCUT2D eigenvalue weighted by atomic mass is 10.2. The molecule has 0 aromatic heterocycles. The summed E-state index contributed by atoms with van der Waals surface area (Å²) in [6.07, 6.45) is 0.480. The van der Waals surface area contributed by atoms with Crippen LogP contribution in [0.25, 0.3) is 0 Å². The van der Waals surface area contributed by atoms with Crippen molar-refractivity contribution in [3.63, 3.8) is 0 Å². The summed E-state index contributed by atoms with van der Waals surface area (Å²) in [7, 11) is -3.99. The first-order valence-corrected chi connectivity index (χ1v) is 7.81. The number of nitrogens with zero attached hydrogens (tertiary/aromatic N) is 2. The first-order chi connectivity index (χ1) is 9.87. The van der Waals surface area contributed by atoms with Crippen molar-refractivity contribution < 1.29 is 17.6 Å². The number of sulfonamides is 1. The van der Waals surface area contributed by atoms with Crippen LogP contribution in [0.3, 0.4) is 0 Å². The topological polar surface area (TPSA) is 90.3 Å². The minimum atomic E-state index is -3.99. The maximum atomic E-state index is 13.6. The summed E-state index contributed by atoms with van der Waals surface area (Å²) in [5, 5.41) is 11.3. The van der Waals surface area contributed by atoms with Crippen LogP contribution in [0.1, 0.15) is 18.9 Å². The van der Waals surface area contributed by atoms with Crippen LogP contribution >= 0.6 is 0 Å². The van der Waals surface area contributed by atoms with E-state index in [1.807, 2.05) is 0 Å². The zero-order valence-corrected chi connectivity index (χ0v) is 12.2. The number of amides is 1. The minimum Gasteiger partial charge on any atom is -0.355 e. The molecule has 1 N–H and O–H groups in total. The third kappa shape index (κ3) is 2.89. The third-order valence-electron chi connectivity index (χ3n) is 3.33. The van der Waals surface area contributed by atoms with Gasteiger partial charge >= 0.3 is 0 Å². The molecule has 21 heavy (non-hydrogen) atoms. The summed E-state index contributed by atoms with van der Waals surface area (Å²) in [6, 6.07) is 3.86. The predicted octanol–water partition coefficient (Wildman–Crippen LogP) is 0.596. The fourth-order valence-electron chi connectivity index (χ4n) is 2.13. The van der Waals surface area contributed by atoms with E-state index in [0.717, 1.165) is 16.4 Å². The number of hydrogen-bond donors (Lipinski definition) is 1. The van der Waals surface area contributed by atoms with E-state index in [-0.39, 0.29) is 22.9 Å². The first-order valence-electron chi connectivity index (χ1n) is 6.37. The Hall–Kier alpha value is -1.98. The molecule has 6 nitrogen and oxygen atoms in total. The largest absolute Gasteiger partial charge is 0.355 e. The molecule has 0 spiro atoms. The van der Waals surface area contributed by atoms with Gasteiger partial charge in [-0.2, -0.15) is 9.57 Å². The molecular formula is C13H14FN3O3S. The van der Waals surface area contributed by atoms with E-state index in [1.165, 1.54) is 13.0 Å². The van der Waals surface area contributed by atoms with Crippen LogP contribution in [0.4, 0.5) is 4.39 Å². The van der Waals surface area contributed by atoms with Crippen LogP contribution in [-0.4, -0.2) is 37.8 Å². The van der Waals surface area contributed by atoms with Gasteiger partial charge in [0.25, 0.3) is 0 Å². The summed E-state index contributed by atoms with van der Waals surface area (Å²) < 4.78 is 39.8. The molecule has 2 rings (SSSR count). The quantitative estimate of drug-likeness (QED) is 0.866. The number of hydrogen-bond acceptors (Lipinski definition) is 4. The predicted molar refractivity (Wildman–Crippen MR) is 72.1 cm³/mol. The standard InChI is InChI=1S/C13H14FN3O3S/c1-9-13(18)16-5-2-6-17(9)21(19,20)11-4-3-10(8-15)12(14)7-11/h3-4,7,9H,2,5-6H2,1H3,(H,16,18)/t9-/m1/s1. The highest BCUT2D eigenvalue weighted by molar-refractivity contribution is 7.89. The van der Waals surface area contributed by atoms with E-state index >= 15 is 0 Å². The van der Waals surface area contributed by atoms with Gasteiger partial charge in [-0.15, -0.1) is 0 Å². The SMILES string of the molecule is C[C@@H]1C(=O)NCCCN1S(=O)(=O)c1ccc(C#N)c(F)c1. The lowest BCUT2D eigenvalue weighted by Gasteiger charge is -2.24. The molecule has 8 heteroatoms. The fraction of sp³-hybridized carbons (Fsp3) is 0.385. The Kier molecular flexibility index (Phi) is 4.25. The molecule has 1 aromatic rings. The van der Waals surface area contributed by atoms with Gasteiger partial charge in [0.1, 0.15) is 17.9 Å². The number of halogens is 1. The molecule has 1 heterocycles. The van der Waals surface area contributed by atoms with E-state index in [9.17, 15) is 17.6 Å². The monoisotopic (exact) mass is 311 g/mol. The van der Waals surface area contributed by atoms with E-state index in [2.05, 4.69) is 5.32 Å². The number of carbonyl (C=O) groups excluding carboxylic acids is 1. The van der Waals surface area contributed by atoms with Crippen molar-refractivity contribution in [2.75, 3.05) is 13.1 Å². The summed E-state index contributed by atoms with van der Waals surface area (Å²) in [5.41, 5.74) is -0.226. The third-order valence-corrected chi connectivity index (χ3v) is 5.30. The summed E-state index contributed by atoms with van der Waals surface area (Å²) >= 11 is 0. The molecule has 0 unspecified atom stereocenters. The smallest absolute Gasteiger partial charge is 0.243 e. The molecule has 1 aromatic carbocycles. The molecule has 112 valence electrons. The van der Waals surface area contributed by atoms with Crippen molar-refractivity contribution in [3.8, 4) is 6.07 Å². The van der Waals surface area contributed by atoms with Gasteiger partial charge in [-0.25, -0.2) is 12.8 Å². The number of rotatable bonds is 2. The van der Waals surface area contributed by atoms with Gasteiger partial charge in [0.15, 0.2) is 0 Å². The molecule has 1 atom stereocenters. The maximum Gasteiger partial charge on any atom is 0.243 e. The highest BCUT2D eigenvalue weighted by Crippen LogP contribution is 2.22. The van der Waals surface area contributed by atoms with Gasteiger partial charge in [-0.1, -0.05) is 0 Å². The van der Waals surface area contributed by atoms with Crippen molar-refractivity contribution in [1.82, 2.24) is 9.62 Å². The summed E-state index contributed by atoms with van der Waals surface area (Å²) in [5.74, 6) is -1.28. The number of carbonyl (C=O) groups is 1. The van der Waals surface area contributed by atoms with Gasteiger partial charge in [0.05, 0.1) is 10.5 Å². The lowest BCUT2D eigenvalue weighted by Crippen LogP contribution is -2.45. The van der Waals surface area contributed by atoms with Gasteiger partial charge in [0.2, 0.25) is 15.9 Å². The van der Waals surface area contributed by atoms with Gasteiger partial charge in [-0.05, 0) is 31.5 Å². The zero-order valence-electron chi connectivity index (χ0n) is 11.3. The van der Waals surface area contributed by atoms with Gasteiger partial charge < -0.3 is 5.32 Å². The van der Waals surface area contributed by atoms with Crippen molar-refractivity contribution in [2.45, 2.75) is 24.3 Å². The highest BCUT2D eigenvalue weighted by Gasteiger charge is 2.34. The molecule has 1 saturated heterocycles. The van der Waals surface area contributed by atoms with E-state index in [1.54, 1.807) is 6.07 Å². The summed E-state index contributed by atoms with van der Waals surface area (Å²) in [6.45, 7) is 2.05. The molecule has 0 bridgehead atoms. The number of nitrogens with one attached hydrogen (secondary N) is 1. The second kappa shape index (κ2) is 5.79. The van der Waals surface area contributed by atoms with Crippen LogP contribution in [0, 0.1) is 17.1 Å². The second-order valence-corrected chi connectivity index (χ2v) is 6.58. The molecular weight excluding hydrogens is 297 g/mol. The van der Waals surface area contributed by atoms with Gasteiger partial charge in [0, 0.05) is 13.1 Å². The van der Waals surface area contributed by atoms with Crippen LogP contribution < -0.4 is 5.32 Å². The number of benzene rings is 1. The molecule has 1 fully saturated rings.